The zero-order chi connectivity index (χ0) is 23.4. The van der Waals surface area contributed by atoms with E-state index in [0.29, 0.717) is 16.2 Å². The number of fused-ring (bicyclic) bond motifs is 4. The van der Waals surface area contributed by atoms with Crippen LogP contribution in [-0.2, 0) is 12.8 Å². The zero-order valence-electron chi connectivity index (χ0n) is 18.9. The fourth-order valence-corrected chi connectivity index (χ4v) is 5.12. The van der Waals surface area contributed by atoms with Crippen LogP contribution < -0.4 is 5.32 Å². The summed E-state index contributed by atoms with van der Waals surface area (Å²) < 4.78 is 3.87. The largest absolute Gasteiger partial charge is 0.346 e. The maximum absolute atomic E-state index is 13.3. The molecule has 5 aromatic rings. The highest BCUT2D eigenvalue weighted by Crippen LogP contribution is 2.32. The molecule has 1 unspecified atom stereocenters. The normalized spacial score (nSPS) is 17.7. The van der Waals surface area contributed by atoms with E-state index >= 15 is 0 Å². The summed E-state index contributed by atoms with van der Waals surface area (Å²) in [7, 11) is 0. The molecule has 6 rings (SSSR count). The molecule has 1 N–H and O–H groups in total. The molecule has 0 radical (unpaired) electrons. The minimum absolute atomic E-state index is 0.174. The third-order valence-electron chi connectivity index (χ3n) is 6.66. The lowest BCUT2D eigenvalue weighted by Crippen LogP contribution is -2.49. The van der Waals surface area contributed by atoms with Gasteiger partial charge in [0, 0.05) is 29.2 Å². The Morgan fingerprint density at radius 2 is 2.03 bits per heavy atom. The molecule has 1 aliphatic carbocycles. The Kier molecular flexibility index (Phi) is 4.71. The van der Waals surface area contributed by atoms with E-state index in [0.717, 1.165) is 41.7 Å². The van der Waals surface area contributed by atoms with Crippen LogP contribution in [0.3, 0.4) is 0 Å². The number of aromatic nitrogens is 5. The lowest BCUT2D eigenvalue weighted by molar-refractivity contribution is 0.0898. The maximum Gasteiger partial charge on any atom is 0.253 e. The Bertz CT molecular complexity index is 1590. The van der Waals surface area contributed by atoms with Crippen molar-refractivity contribution in [2.24, 2.45) is 0 Å². The molecule has 7 nitrogen and oxygen atoms in total. The molecule has 4 heterocycles. The first kappa shape index (κ1) is 20.9. The third kappa shape index (κ3) is 3.44. The van der Waals surface area contributed by atoms with Crippen molar-refractivity contribution in [3.05, 3.63) is 88.6 Å². The molecule has 170 valence electrons. The Balaban J connectivity index is 1.26. The van der Waals surface area contributed by atoms with E-state index in [9.17, 15) is 4.79 Å². The van der Waals surface area contributed by atoms with Crippen LogP contribution in [0.1, 0.15) is 40.5 Å². The number of imidazole rings is 1. The molecule has 0 aliphatic heterocycles. The van der Waals surface area contributed by atoms with Gasteiger partial charge in [0.2, 0.25) is 0 Å². The maximum atomic E-state index is 13.3. The minimum atomic E-state index is -0.382. The summed E-state index contributed by atoms with van der Waals surface area (Å²) in [6.45, 7) is 4.16. The predicted octanol–water partition coefficient (Wildman–Crippen LogP) is 4.71. The molecular formula is C26H23ClN6O. The van der Waals surface area contributed by atoms with E-state index in [1.54, 1.807) is 24.7 Å². The first-order chi connectivity index (χ1) is 16.4. The summed E-state index contributed by atoms with van der Waals surface area (Å²) in [5.41, 5.74) is 7.03. The Hall–Kier alpha value is -3.71. The molecule has 1 amide bonds. The van der Waals surface area contributed by atoms with Gasteiger partial charge in [0.1, 0.15) is 6.33 Å². The number of pyridine rings is 2. The van der Waals surface area contributed by atoms with Crippen LogP contribution in [0.2, 0.25) is 5.02 Å². The second-order valence-corrected chi connectivity index (χ2v) is 9.69. The zero-order valence-corrected chi connectivity index (χ0v) is 19.7. The number of halogens is 1. The molecule has 0 saturated carbocycles. The van der Waals surface area contributed by atoms with E-state index in [-0.39, 0.29) is 11.4 Å². The van der Waals surface area contributed by atoms with Crippen molar-refractivity contribution in [3.63, 3.8) is 0 Å². The highest BCUT2D eigenvalue weighted by molar-refractivity contribution is 6.34. The number of rotatable bonds is 3. The minimum Gasteiger partial charge on any atom is -0.346 e. The van der Waals surface area contributed by atoms with Crippen LogP contribution in [0.15, 0.2) is 61.2 Å². The number of carbonyl (C=O) groups excluding carboxylic acids is 1. The predicted molar refractivity (Wildman–Crippen MR) is 132 cm³/mol. The molecule has 0 spiro atoms. The summed E-state index contributed by atoms with van der Waals surface area (Å²) in [5, 5.41) is 8.41. The second kappa shape index (κ2) is 7.67. The average molecular weight is 471 g/mol. The molecule has 0 saturated heterocycles. The monoisotopic (exact) mass is 470 g/mol. The summed E-state index contributed by atoms with van der Waals surface area (Å²) in [4.78, 5) is 21.9. The van der Waals surface area contributed by atoms with Crippen LogP contribution in [0.25, 0.3) is 22.4 Å². The van der Waals surface area contributed by atoms with Crippen molar-refractivity contribution in [3.8, 4) is 5.69 Å². The summed E-state index contributed by atoms with van der Waals surface area (Å²) >= 11 is 6.59. The summed E-state index contributed by atoms with van der Waals surface area (Å²) in [6, 6.07) is 13.5. The molecule has 8 heteroatoms. The number of nitrogens with one attached hydrogen (secondary N) is 1. The van der Waals surface area contributed by atoms with Gasteiger partial charge in [-0.25, -0.2) is 14.5 Å². The number of hydrogen-bond donors (Lipinski definition) is 1. The van der Waals surface area contributed by atoms with Crippen LogP contribution in [0, 0.1) is 6.92 Å². The van der Waals surface area contributed by atoms with E-state index in [1.807, 2.05) is 33.5 Å². The smallest absolute Gasteiger partial charge is 0.253 e. The quantitative estimate of drug-likeness (QED) is 0.414. The molecule has 1 aromatic carbocycles. The molecule has 0 bridgehead atoms. The molecule has 1 aliphatic rings. The number of benzene rings is 1. The van der Waals surface area contributed by atoms with Crippen LogP contribution >= 0.6 is 11.6 Å². The van der Waals surface area contributed by atoms with E-state index in [4.69, 9.17) is 16.7 Å². The highest BCUT2D eigenvalue weighted by atomic mass is 35.5. The van der Waals surface area contributed by atoms with Gasteiger partial charge >= 0.3 is 0 Å². The molecule has 4 aromatic heterocycles. The number of hydrogen-bond acceptors (Lipinski definition) is 4. The lowest BCUT2D eigenvalue weighted by atomic mass is 9.81. The van der Waals surface area contributed by atoms with Gasteiger partial charge in [0.05, 0.1) is 27.3 Å². The topological polar surface area (TPSA) is 77.1 Å². The third-order valence-corrected chi connectivity index (χ3v) is 6.97. The lowest BCUT2D eigenvalue weighted by Gasteiger charge is -2.34. The fourth-order valence-electron chi connectivity index (χ4n) is 4.86. The van der Waals surface area contributed by atoms with Crippen molar-refractivity contribution < 1.29 is 4.79 Å². The van der Waals surface area contributed by atoms with Crippen molar-refractivity contribution in [1.29, 1.82) is 0 Å². The second-order valence-electron chi connectivity index (χ2n) is 9.28. The number of aryl methyl sites for hydroxylation is 2. The van der Waals surface area contributed by atoms with Gasteiger partial charge in [-0.2, -0.15) is 5.10 Å². The Morgan fingerprint density at radius 1 is 1.15 bits per heavy atom. The summed E-state index contributed by atoms with van der Waals surface area (Å²) in [5.74, 6) is -0.174. The SMILES string of the molecule is Cc1ccc2c3c(nn2c1)CCC(C)(NC(=O)c1ccc(-n2cnc4ncccc42)cc1Cl)C3. The average Bonchev–Trinajstić information content (AvgIpc) is 3.39. The number of amides is 1. The fraction of sp³-hybridized carbons (Fsp3) is 0.231. The first-order valence-corrected chi connectivity index (χ1v) is 11.7. The van der Waals surface area contributed by atoms with E-state index in [1.165, 1.54) is 11.1 Å². The molecular weight excluding hydrogens is 448 g/mol. The number of nitrogens with zero attached hydrogens (tertiary/aromatic N) is 5. The van der Waals surface area contributed by atoms with Gasteiger partial charge < -0.3 is 5.32 Å². The van der Waals surface area contributed by atoms with Crippen LogP contribution in [0.4, 0.5) is 0 Å². The van der Waals surface area contributed by atoms with Gasteiger partial charge in [-0.3, -0.25) is 9.36 Å². The van der Waals surface area contributed by atoms with Gasteiger partial charge in [-0.1, -0.05) is 17.7 Å². The standard InChI is InChI=1S/C26H23ClN6O/c1-16-5-8-22-19-13-26(2,10-9-21(19)31-33(22)14-16)30-25(34)18-7-6-17(12-20(18)27)32-15-29-24-23(32)4-3-11-28-24/h3-8,11-12,14-15H,9-10,13H2,1-2H3,(H,30,34). The number of carbonyl (C=O) groups is 1. The van der Waals surface area contributed by atoms with E-state index in [2.05, 4.69) is 41.3 Å². The molecule has 0 fully saturated rings. The van der Waals surface area contributed by atoms with Crippen LogP contribution in [-0.4, -0.2) is 35.6 Å². The van der Waals surface area contributed by atoms with Crippen molar-refractivity contribution >= 4 is 34.2 Å². The van der Waals surface area contributed by atoms with Gasteiger partial charge in [-0.15, -0.1) is 0 Å². The van der Waals surface area contributed by atoms with Crippen molar-refractivity contribution in [2.45, 2.75) is 38.6 Å². The van der Waals surface area contributed by atoms with Gasteiger partial charge in [-0.05, 0) is 75.1 Å². The van der Waals surface area contributed by atoms with Gasteiger partial charge in [0.15, 0.2) is 5.65 Å². The molecule has 1 atom stereocenters. The van der Waals surface area contributed by atoms with Crippen molar-refractivity contribution in [1.82, 2.24) is 29.5 Å². The Morgan fingerprint density at radius 3 is 2.88 bits per heavy atom. The highest BCUT2D eigenvalue weighted by Gasteiger charge is 2.34. The summed E-state index contributed by atoms with van der Waals surface area (Å²) in [6.07, 6.45) is 7.83. The Labute approximate surface area is 201 Å². The van der Waals surface area contributed by atoms with E-state index < -0.39 is 0 Å². The molecule has 34 heavy (non-hydrogen) atoms. The van der Waals surface area contributed by atoms with Gasteiger partial charge in [0.25, 0.3) is 5.91 Å². The first-order valence-electron chi connectivity index (χ1n) is 11.3. The van der Waals surface area contributed by atoms with Crippen molar-refractivity contribution in [2.75, 3.05) is 0 Å². The van der Waals surface area contributed by atoms with Crippen LogP contribution in [0.5, 0.6) is 0 Å².